The Hall–Kier alpha value is -1.08. The minimum absolute atomic E-state index is 0.0460. The molecule has 1 aliphatic heterocycles. The van der Waals surface area contributed by atoms with Gasteiger partial charge in [0.2, 0.25) is 11.1 Å². The van der Waals surface area contributed by atoms with Crippen molar-refractivity contribution in [2.75, 3.05) is 17.2 Å². The zero-order valence-electron chi connectivity index (χ0n) is 11.0. The zero-order chi connectivity index (χ0) is 14.2. The first kappa shape index (κ1) is 14.3. The van der Waals surface area contributed by atoms with Crippen molar-refractivity contribution in [2.45, 2.75) is 32.1 Å². The highest BCUT2D eigenvalue weighted by Gasteiger charge is 2.33. The van der Waals surface area contributed by atoms with Gasteiger partial charge >= 0.3 is 5.69 Å². The van der Waals surface area contributed by atoms with Crippen LogP contribution < -0.4 is 4.90 Å². The number of nitro groups is 1. The number of aromatic nitrogens is 2. The van der Waals surface area contributed by atoms with E-state index in [9.17, 15) is 10.1 Å². The number of nitrogens with zero attached hydrogens (tertiary/aromatic N) is 4. The fourth-order valence-electron chi connectivity index (χ4n) is 2.16. The maximum absolute atomic E-state index is 11.2. The highest BCUT2D eigenvalue weighted by molar-refractivity contribution is 8.00. The summed E-state index contributed by atoms with van der Waals surface area (Å²) in [5, 5.41) is 11.7. The maximum atomic E-state index is 11.2. The summed E-state index contributed by atoms with van der Waals surface area (Å²) >= 11 is 7.71. The predicted molar refractivity (Wildman–Crippen MR) is 77.2 cm³/mol. The molecule has 0 amide bonds. The van der Waals surface area contributed by atoms with Crippen molar-refractivity contribution in [3.63, 3.8) is 0 Å². The Morgan fingerprint density at radius 1 is 1.47 bits per heavy atom. The van der Waals surface area contributed by atoms with E-state index in [4.69, 9.17) is 11.6 Å². The lowest BCUT2D eigenvalue weighted by Crippen LogP contribution is -2.45. The predicted octanol–water partition coefficient (Wildman–Crippen LogP) is 2.68. The Labute approximate surface area is 120 Å². The average molecular weight is 303 g/mol. The summed E-state index contributed by atoms with van der Waals surface area (Å²) in [5.41, 5.74) is 0.258. The fraction of sp³-hybridized carbons (Fsp3) is 0.636. The normalized spacial score (nSPS) is 23.5. The smallest absolute Gasteiger partial charge is 0.332 e. The van der Waals surface area contributed by atoms with Gasteiger partial charge in [-0.15, -0.1) is 0 Å². The van der Waals surface area contributed by atoms with Crippen LogP contribution in [-0.4, -0.2) is 38.5 Å². The van der Waals surface area contributed by atoms with Crippen LogP contribution in [-0.2, 0) is 0 Å². The molecule has 1 fully saturated rings. The fourth-order valence-corrected chi connectivity index (χ4v) is 3.47. The van der Waals surface area contributed by atoms with E-state index in [0.29, 0.717) is 16.8 Å². The largest absolute Gasteiger partial charge is 0.346 e. The lowest BCUT2D eigenvalue weighted by molar-refractivity contribution is -0.385. The van der Waals surface area contributed by atoms with E-state index < -0.39 is 4.92 Å². The van der Waals surface area contributed by atoms with Crippen molar-refractivity contribution in [3.8, 4) is 0 Å². The number of halogens is 1. The van der Waals surface area contributed by atoms with Crippen LogP contribution in [0, 0.1) is 17.0 Å². The Balaban J connectivity index is 2.51. The summed E-state index contributed by atoms with van der Waals surface area (Å²) < 4.78 is 0. The first-order valence-corrected chi connectivity index (χ1v) is 7.41. The number of thioether (sulfide) groups is 1. The van der Waals surface area contributed by atoms with Gasteiger partial charge in [0, 0.05) is 23.6 Å². The first-order chi connectivity index (χ1) is 8.91. The van der Waals surface area contributed by atoms with Crippen LogP contribution in [0.2, 0.25) is 5.28 Å². The average Bonchev–Trinajstić information content (AvgIpc) is 2.31. The van der Waals surface area contributed by atoms with Gasteiger partial charge < -0.3 is 4.90 Å². The summed E-state index contributed by atoms with van der Waals surface area (Å²) in [7, 11) is 0. The molecule has 2 heterocycles. The third-order valence-electron chi connectivity index (χ3n) is 3.35. The monoisotopic (exact) mass is 302 g/mol. The molecule has 0 aromatic carbocycles. The van der Waals surface area contributed by atoms with Gasteiger partial charge in [-0.3, -0.25) is 10.1 Å². The Kier molecular flexibility index (Phi) is 4.15. The van der Waals surface area contributed by atoms with Crippen molar-refractivity contribution in [1.82, 2.24) is 9.97 Å². The summed E-state index contributed by atoms with van der Waals surface area (Å²) in [4.78, 5) is 20.7. The Morgan fingerprint density at radius 3 is 2.79 bits per heavy atom. The van der Waals surface area contributed by atoms with Gasteiger partial charge in [-0.1, -0.05) is 6.92 Å². The van der Waals surface area contributed by atoms with E-state index >= 15 is 0 Å². The maximum Gasteiger partial charge on any atom is 0.332 e. The topological polar surface area (TPSA) is 72.2 Å². The molecule has 6 nitrogen and oxygen atoms in total. The second-order valence-electron chi connectivity index (χ2n) is 4.52. The molecule has 19 heavy (non-hydrogen) atoms. The molecule has 2 atom stereocenters. The van der Waals surface area contributed by atoms with Crippen molar-refractivity contribution in [2.24, 2.45) is 0 Å². The molecule has 2 rings (SSSR count). The number of anilines is 1. The van der Waals surface area contributed by atoms with Crippen LogP contribution >= 0.6 is 23.4 Å². The van der Waals surface area contributed by atoms with Gasteiger partial charge in [-0.05, 0) is 25.4 Å². The second kappa shape index (κ2) is 5.50. The number of aryl methyl sites for hydroxylation is 1. The van der Waals surface area contributed by atoms with E-state index in [2.05, 4.69) is 16.9 Å². The summed E-state index contributed by atoms with van der Waals surface area (Å²) in [6.45, 7) is 6.47. The SMILES string of the molecule is Cc1nc(Cl)nc(N2CCSC(C)C2C)c1[N+](=O)[O-]. The molecule has 1 saturated heterocycles. The van der Waals surface area contributed by atoms with Crippen molar-refractivity contribution >= 4 is 34.9 Å². The van der Waals surface area contributed by atoms with Gasteiger partial charge in [-0.2, -0.15) is 16.7 Å². The van der Waals surface area contributed by atoms with Crippen molar-refractivity contribution < 1.29 is 4.92 Å². The molecule has 104 valence electrons. The molecule has 0 aliphatic carbocycles. The van der Waals surface area contributed by atoms with Crippen molar-refractivity contribution in [3.05, 3.63) is 21.1 Å². The van der Waals surface area contributed by atoms with E-state index in [-0.39, 0.29) is 17.0 Å². The van der Waals surface area contributed by atoms with Gasteiger partial charge in [0.05, 0.1) is 4.92 Å². The lowest BCUT2D eigenvalue weighted by atomic mass is 10.2. The summed E-state index contributed by atoms with van der Waals surface area (Å²) in [5.74, 6) is 1.26. The molecule has 0 saturated carbocycles. The van der Waals surface area contributed by atoms with Gasteiger partial charge in [-0.25, -0.2) is 4.98 Å². The third-order valence-corrected chi connectivity index (χ3v) is 4.86. The van der Waals surface area contributed by atoms with Crippen LogP contribution in [0.15, 0.2) is 0 Å². The lowest BCUT2D eigenvalue weighted by Gasteiger charge is -2.37. The van der Waals surface area contributed by atoms with E-state index in [0.717, 1.165) is 12.3 Å². The standard InChI is InChI=1S/C11H15ClN4O2S/c1-6-9(16(17)18)10(14-11(12)13-6)15-4-5-19-8(3)7(15)2/h7-8H,4-5H2,1-3H3. The number of rotatable bonds is 2. The molecule has 0 bridgehead atoms. The Bertz CT molecular complexity index is 514. The molecule has 2 unspecified atom stereocenters. The van der Waals surface area contributed by atoms with Gasteiger partial charge in [0.1, 0.15) is 5.69 Å². The first-order valence-electron chi connectivity index (χ1n) is 5.98. The highest BCUT2D eigenvalue weighted by Crippen LogP contribution is 2.35. The Morgan fingerprint density at radius 2 is 2.16 bits per heavy atom. The third kappa shape index (κ3) is 2.76. The van der Waals surface area contributed by atoms with Gasteiger partial charge in [0.25, 0.3) is 0 Å². The summed E-state index contributed by atoms with van der Waals surface area (Å²) in [6.07, 6.45) is 0. The van der Waals surface area contributed by atoms with E-state index in [1.54, 1.807) is 6.92 Å². The molecule has 1 aromatic heterocycles. The second-order valence-corrected chi connectivity index (χ2v) is 6.34. The molecule has 0 radical (unpaired) electrons. The molecule has 1 aromatic rings. The molecule has 0 N–H and O–H groups in total. The van der Waals surface area contributed by atoms with E-state index in [1.807, 2.05) is 23.6 Å². The zero-order valence-corrected chi connectivity index (χ0v) is 12.5. The van der Waals surface area contributed by atoms with Crippen LogP contribution in [0.1, 0.15) is 19.5 Å². The van der Waals surface area contributed by atoms with Crippen LogP contribution in [0.5, 0.6) is 0 Å². The minimum Gasteiger partial charge on any atom is -0.346 e. The van der Waals surface area contributed by atoms with Crippen molar-refractivity contribution in [1.29, 1.82) is 0 Å². The molecule has 8 heteroatoms. The number of hydrogen-bond acceptors (Lipinski definition) is 6. The van der Waals surface area contributed by atoms with Gasteiger partial charge in [0.15, 0.2) is 0 Å². The van der Waals surface area contributed by atoms with Crippen LogP contribution in [0.3, 0.4) is 0 Å². The highest BCUT2D eigenvalue weighted by atomic mass is 35.5. The van der Waals surface area contributed by atoms with E-state index in [1.165, 1.54) is 0 Å². The molecular weight excluding hydrogens is 288 g/mol. The molecule has 0 spiro atoms. The summed E-state index contributed by atoms with van der Waals surface area (Å²) in [6, 6.07) is 0.169. The molecular formula is C11H15ClN4O2S. The van der Waals surface area contributed by atoms with Crippen LogP contribution in [0.4, 0.5) is 11.5 Å². The molecule has 1 aliphatic rings. The minimum atomic E-state index is -0.430. The van der Waals surface area contributed by atoms with Crippen LogP contribution in [0.25, 0.3) is 0 Å². The quantitative estimate of drug-likeness (QED) is 0.475. The number of hydrogen-bond donors (Lipinski definition) is 0.